The first-order chi connectivity index (χ1) is 7.54. The van der Waals surface area contributed by atoms with Gasteiger partial charge in [-0.1, -0.05) is 26.0 Å². The van der Waals surface area contributed by atoms with E-state index in [2.05, 4.69) is 26.0 Å². The van der Waals surface area contributed by atoms with Crippen molar-refractivity contribution in [2.75, 3.05) is 6.61 Å². The van der Waals surface area contributed by atoms with Gasteiger partial charge in [0, 0.05) is 6.04 Å². The molecule has 0 saturated heterocycles. The van der Waals surface area contributed by atoms with Crippen LogP contribution in [0.4, 0.5) is 0 Å². The minimum atomic E-state index is 0.172. The Bertz CT molecular complexity index is 356. The lowest BCUT2D eigenvalue weighted by atomic mass is 9.98. The number of nitrogens with two attached hydrogens (primary N) is 1. The molecule has 2 unspecified atom stereocenters. The molecule has 0 bridgehead atoms. The lowest BCUT2D eigenvalue weighted by molar-refractivity contribution is 0.340. The molecular weight excluding hydrogens is 198 g/mol. The molecule has 1 aliphatic carbocycles. The molecule has 1 fully saturated rings. The van der Waals surface area contributed by atoms with Gasteiger partial charge in [0.15, 0.2) is 0 Å². The zero-order valence-corrected chi connectivity index (χ0v) is 10.4. The van der Waals surface area contributed by atoms with Crippen LogP contribution in [0.25, 0.3) is 0 Å². The van der Waals surface area contributed by atoms with Crippen LogP contribution in [0.2, 0.25) is 0 Å². The highest BCUT2D eigenvalue weighted by Gasteiger charge is 2.49. The SMILES string of the molecule is CCOc1ccc(C(N)C2CC2(C)C)cc1. The Morgan fingerprint density at radius 2 is 1.94 bits per heavy atom. The molecule has 2 heteroatoms. The maximum Gasteiger partial charge on any atom is 0.119 e. The number of benzene rings is 1. The lowest BCUT2D eigenvalue weighted by Crippen LogP contribution is -2.15. The predicted molar refractivity (Wildman–Crippen MR) is 66.4 cm³/mol. The van der Waals surface area contributed by atoms with Crippen molar-refractivity contribution in [2.45, 2.75) is 33.2 Å². The molecule has 0 aliphatic heterocycles. The molecule has 0 heterocycles. The summed E-state index contributed by atoms with van der Waals surface area (Å²) in [6, 6.07) is 8.36. The Hall–Kier alpha value is -1.02. The summed E-state index contributed by atoms with van der Waals surface area (Å²) in [6.07, 6.45) is 1.24. The second-order valence-electron chi connectivity index (χ2n) is 5.33. The molecular formula is C14H21NO. The van der Waals surface area contributed by atoms with Gasteiger partial charge < -0.3 is 10.5 Å². The molecule has 1 saturated carbocycles. The molecule has 88 valence electrons. The monoisotopic (exact) mass is 219 g/mol. The zero-order valence-electron chi connectivity index (χ0n) is 10.4. The van der Waals surface area contributed by atoms with Crippen molar-refractivity contribution in [1.82, 2.24) is 0 Å². The van der Waals surface area contributed by atoms with E-state index in [-0.39, 0.29) is 6.04 Å². The molecule has 0 aromatic heterocycles. The zero-order chi connectivity index (χ0) is 11.8. The summed E-state index contributed by atoms with van der Waals surface area (Å²) in [7, 11) is 0. The molecule has 2 rings (SSSR count). The van der Waals surface area contributed by atoms with E-state index in [1.54, 1.807) is 0 Å². The topological polar surface area (TPSA) is 35.2 Å². The van der Waals surface area contributed by atoms with Crippen molar-refractivity contribution in [3.05, 3.63) is 29.8 Å². The first-order valence-corrected chi connectivity index (χ1v) is 6.03. The number of hydrogen-bond donors (Lipinski definition) is 1. The smallest absolute Gasteiger partial charge is 0.119 e. The van der Waals surface area contributed by atoms with E-state index in [9.17, 15) is 0 Å². The van der Waals surface area contributed by atoms with Gasteiger partial charge in [0.2, 0.25) is 0 Å². The third-order valence-corrected chi connectivity index (χ3v) is 3.60. The van der Waals surface area contributed by atoms with Gasteiger partial charge in [-0.15, -0.1) is 0 Å². The van der Waals surface area contributed by atoms with Gasteiger partial charge in [-0.3, -0.25) is 0 Å². The first kappa shape index (κ1) is 11.5. The fraction of sp³-hybridized carbons (Fsp3) is 0.571. The summed E-state index contributed by atoms with van der Waals surface area (Å²) in [4.78, 5) is 0. The van der Waals surface area contributed by atoms with Gasteiger partial charge in [0.1, 0.15) is 5.75 Å². The van der Waals surface area contributed by atoms with E-state index >= 15 is 0 Å². The minimum absolute atomic E-state index is 0.172. The van der Waals surface area contributed by atoms with E-state index in [0.717, 1.165) is 5.75 Å². The average molecular weight is 219 g/mol. The van der Waals surface area contributed by atoms with E-state index in [0.29, 0.717) is 17.9 Å². The quantitative estimate of drug-likeness (QED) is 0.844. The summed E-state index contributed by atoms with van der Waals surface area (Å²) >= 11 is 0. The van der Waals surface area contributed by atoms with Crippen LogP contribution in [-0.2, 0) is 0 Å². The molecule has 0 spiro atoms. The van der Waals surface area contributed by atoms with Gasteiger partial charge >= 0.3 is 0 Å². The van der Waals surface area contributed by atoms with Crippen molar-refractivity contribution < 1.29 is 4.74 Å². The third-order valence-electron chi connectivity index (χ3n) is 3.60. The summed E-state index contributed by atoms with van der Waals surface area (Å²) in [5.74, 6) is 1.55. The molecule has 1 aromatic carbocycles. The van der Waals surface area contributed by atoms with Gasteiger partial charge in [-0.25, -0.2) is 0 Å². The Morgan fingerprint density at radius 1 is 1.38 bits per heavy atom. The van der Waals surface area contributed by atoms with Crippen molar-refractivity contribution in [3.63, 3.8) is 0 Å². The third kappa shape index (κ3) is 2.22. The Morgan fingerprint density at radius 3 is 2.38 bits per heavy atom. The highest BCUT2D eigenvalue weighted by atomic mass is 16.5. The van der Waals surface area contributed by atoms with Crippen LogP contribution in [0.5, 0.6) is 5.75 Å². The predicted octanol–water partition coefficient (Wildman–Crippen LogP) is 3.13. The fourth-order valence-electron chi connectivity index (χ4n) is 2.31. The molecule has 1 aliphatic rings. The Labute approximate surface area is 97.8 Å². The van der Waals surface area contributed by atoms with Crippen LogP contribution in [0.3, 0.4) is 0 Å². The Kier molecular flexibility index (Phi) is 2.94. The molecule has 1 aromatic rings. The van der Waals surface area contributed by atoms with Crippen molar-refractivity contribution in [3.8, 4) is 5.75 Å². The normalized spacial score (nSPS) is 23.9. The second-order valence-corrected chi connectivity index (χ2v) is 5.33. The molecule has 0 amide bonds. The van der Waals surface area contributed by atoms with Crippen LogP contribution < -0.4 is 10.5 Å². The van der Waals surface area contributed by atoms with Crippen molar-refractivity contribution >= 4 is 0 Å². The molecule has 2 nitrogen and oxygen atoms in total. The van der Waals surface area contributed by atoms with E-state index < -0.39 is 0 Å². The summed E-state index contributed by atoms with van der Waals surface area (Å²) < 4.78 is 5.42. The van der Waals surface area contributed by atoms with Crippen molar-refractivity contribution in [2.24, 2.45) is 17.1 Å². The van der Waals surface area contributed by atoms with Crippen LogP contribution in [0.1, 0.15) is 38.8 Å². The maximum absolute atomic E-state index is 6.26. The van der Waals surface area contributed by atoms with Gasteiger partial charge in [-0.2, -0.15) is 0 Å². The van der Waals surface area contributed by atoms with Crippen LogP contribution >= 0.6 is 0 Å². The molecule has 0 radical (unpaired) electrons. The summed E-state index contributed by atoms with van der Waals surface area (Å²) in [5, 5.41) is 0. The summed E-state index contributed by atoms with van der Waals surface area (Å²) in [6.45, 7) is 7.27. The average Bonchev–Trinajstić information content (AvgIpc) is 2.88. The van der Waals surface area contributed by atoms with Crippen LogP contribution in [0, 0.1) is 11.3 Å². The fourth-order valence-corrected chi connectivity index (χ4v) is 2.31. The minimum Gasteiger partial charge on any atom is -0.494 e. The summed E-state index contributed by atoms with van der Waals surface area (Å²) in [5.41, 5.74) is 7.91. The van der Waals surface area contributed by atoms with Crippen LogP contribution in [0.15, 0.2) is 24.3 Å². The van der Waals surface area contributed by atoms with E-state index in [1.807, 2.05) is 19.1 Å². The number of rotatable bonds is 4. The standard InChI is InChI=1S/C14H21NO/c1-4-16-11-7-5-10(6-8-11)13(15)12-9-14(12,2)3/h5-8,12-13H,4,9,15H2,1-3H3. The van der Waals surface area contributed by atoms with Gasteiger partial charge in [0.25, 0.3) is 0 Å². The van der Waals surface area contributed by atoms with Crippen molar-refractivity contribution in [1.29, 1.82) is 0 Å². The van der Waals surface area contributed by atoms with E-state index in [1.165, 1.54) is 12.0 Å². The second kappa shape index (κ2) is 4.10. The largest absolute Gasteiger partial charge is 0.494 e. The maximum atomic E-state index is 6.26. The van der Waals surface area contributed by atoms with Crippen LogP contribution in [-0.4, -0.2) is 6.61 Å². The lowest BCUT2D eigenvalue weighted by Gasteiger charge is -2.14. The molecule has 16 heavy (non-hydrogen) atoms. The number of hydrogen-bond acceptors (Lipinski definition) is 2. The van der Waals surface area contributed by atoms with Gasteiger partial charge in [-0.05, 0) is 42.4 Å². The number of ether oxygens (including phenoxy) is 1. The highest BCUT2D eigenvalue weighted by Crippen LogP contribution is 2.56. The Balaban J connectivity index is 2.04. The molecule has 2 atom stereocenters. The van der Waals surface area contributed by atoms with E-state index in [4.69, 9.17) is 10.5 Å². The van der Waals surface area contributed by atoms with Gasteiger partial charge in [0.05, 0.1) is 6.61 Å². The highest BCUT2D eigenvalue weighted by molar-refractivity contribution is 5.30. The first-order valence-electron chi connectivity index (χ1n) is 6.03. The molecule has 2 N–H and O–H groups in total.